The summed E-state index contributed by atoms with van der Waals surface area (Å²) in [4.78, 5) is 29.6. The minimum absolute atomic E-state index is 0.0587. The largest absolute Gasteiger partial charge is 0.484 e. The van der Waals surface area contributed by atoms with Crippen LogP contribution in [0.1, 0.15) is 52.0 Å². The number of thiophene rings is 1. The van der Waals surface area contributed by atoms with Crippen LogP contribution in [0.4, 0.5) is 0 Å². The van der Waals surface area contributed by atoms with E-state index < -0.39 is 5.91 Å². The number of nitrogens with two attached hydrogens (primary N) is 1. The van der Waals surface area contributed by atoms with Crippen LogP contribution in [0.2, 0.25) is 5.02 Å². The lowest BCUT2D eigenvalue weighted by Gasteiger charge is -2.16. The van der Waals surface area contributed by atoms with Crippen molar-refractivity contribution in [2.75, 3.05) is 0 Å². The number of amides is 1. The molecule has 1 unspecified atom stereocenters. The van der Waals surface area contributed by atoms with Gasteiger partial charge in [-0.05, 0) is 25.1 Å². The van der Waals surface area contributed by atoms with Gasteiger partial charge in [-0.1, -0.05) is 36.7 Å². The minimum Gasteiger partial charge on any atom is -0.484 e. The van der Waals surface area contributed by atoms with Gasteiger partial charge in [0.1, 0.15) is 22.4 Å². The standard InChI is InChI=1S/C23H20ClN3O3S/c1-3-18(28)14-8-9-27-17(12-26-21(27)10-14)20-11-19(22(31-20)23(25)29)30-13(2)15-6-4-5-7-16(15)24/h4-13H,3H2,1-2H3,(H2,25,29). The quantitative estimate of drug-likeness (QED) is 0.372. The van der Waals surface area contributed by atoms with Crippen molar-refractivity contribution >= 4 is 40.3 Å². The summed E-state index contributed by atoms with van der Waals surface area (Å²) in [6.07, 6.45) is 3.56. The third-order valence-electron chi connectivity index (χ3n) is 4.98. The third kappa shape index (κ3) is 4.06. The van der Waals surface area contributed by atoms with Crippen LogP contribution < -0.4 is 10.5 Å². The number of imidazole rings is 1. The van der Waals surface area contributed by atoms with Gasteiger partial charge in [0.25, 0.3) is 5.91 Å². The van der Waals surface area contributed by atoms with Gasteiger partial charge in [-0.3, -0.25) is 14.0 Å². The Hall–Kier alpha value is -3.16. The number of halogens is 1. The predicted octanol–water partition coefficient (Wildman–Crippen LogP) is 5.55. The topological polar surface area (TPSA) is 86.7 Å². The number of benzene rings is 1. The van der Waals surface area contributed by atoms with E-state index in [1.165, 1.54) is 11.3 Å². The van der Waals surface area contributed by atoms with E-state index in [1.807, 2.05) is 36.4 Å². The number of nitrogens with zero attached hydrogens (tertiary/aromatic N) is 2. The Morgan fingerprint density at radius 2 is 2.03 bits per heavy atom. The number of ether oxygens (including phenoxy) is 1. The summed E-state index contributed by atoms with van der Waals surface area (Å²) < 4.78 is 7.95. The monoisotopic (exact) mass is 453 g/mol. The molecule has 0 bridgehead atoms. The molecule has 4 aromatic rings. The van der Waals surface area contributed by atoms with Gasteiger partial charge in [-0.2, -0.15) is 0 Å². The Balaban J connectivity index is 1.71. The predicted molar refractivity (Wildman–Crippen MR) is 122 cm³/mol. The van der Waals surface area contributed by atoms with E-state index in [0.717, 1.165) is 16.1 Å². The Morgan fingerprint density at radius 3 is 2.74 bits per heavy atom. The molecule has 3 aromatic heterocycles. The van der Waals surface area contributed by atoms with Gasteiger partial charge in [0.2, 0.25) is 0 Å². The molecule has 4 rings (SSSR count). The molecule has 158 valence electrons. The second kappa shape index (κ2) is 8.53. The van der Waals surface area contributed by atoms with Gasteiger partial charge in [0, 0.05) is 34.8 Å². The lowest BCUT2D eigenvalue weighted by molar-refractivity contribution is 0.0983. The van der Waals surface area contributed by atoms with E-state index in [0.29, 0.717) is 33.3 Å². The number of rotatable bonds is 7. The number of carbonyl (C=O) groups excluding carboxylic acids is 2. The number of pyridine rings is 1. The zero-order valence-electron chi connectivity index (χ0n) is 17.0. The summed E-state index contributed by atoms with van der Waals surface area (Å²) >= 11 is 7.52. The van der Waals surface area contributed by atoms with E-state index in [1.54, 1.807) is 36.7 Å². The highest BCUT2D eigenvalue weighted by atomic mass is 35.5. The number of primary amides is 1. The summed E-state index contributed by atoms with van der Waals surface area (Å²) in [5.74, 6) is -0.113. The first-order valence-corrected chi connectivity index (χ1v) is 10.9. The van der Waals surface area contributed by atoms with E-state index in [2.05, 4.69) is 4.98 Å². The molecule has 1 aromatic carbocycles. The first-order valence-electron chi connectivity index (χ1n) is 9.74. The van der Waals surface area contributed by atoms with E-state index >= 15 is 0 Å². The zero-order chi connectivity index (χ0) is 22.1. The van der Waals surface area contributed by atoms with Crippen LogP contribution >= 0.6 is 22.9 Å². The molecule has 2 N–H and O–H groups in total. The molecule has 0 saturated carbocycles. The van der Waals surface area contributed by atoms with E-state index in [-0.39, 0.29) is 11.9 Å². The number of aromatic nitrogens is 2. The molecule has 0 radical (unpaired) electrons. The maximum absolute atomic E-state index is 12.1. The third-order valence-corrected chi connectivity index (χ3v) is 6.48. The maximum atomic E-state index is 12.1. The number of ketones is 1. The fourth-order valence-corrected chi connectivity index (χ4v) is 4.60. The molecule has 3 heterocycles. The molecule has 0 fully saturated rings. The van der Waals surface area contributed by atoms with Crippen molar-refractivity contribution in [2.24, 2.45) is 5.73 Å². The van der Waals surface area contributed by atoms with Gasteiger partial charge >= 0.3 is 0 Å². The van der Waals surface area contributed by atoms with Crippen molar-refractivity contribution < 1.29 is 14.3 Å². The fraction of sp³-hybridized carbons (Fsp3) is 0.174. The number of hydrogen-bond acceptors (Lipinski definition) is 5. The fourth-order valence-electron chi connectivity index (χ4n) is 3.36. The number of Topliss-reactive ketones (excluding diaryl/α,β-unsaturated/α-hetero) is 1. The average Bonchev–Trinajstić information content (AvgIpc) is 3.36. The summed E-state index contributed by atoms with van der Waals surface area (Å²) in [6, 6.07) is 12.7. The molecule has 0 saturated heterocycles. The van der Waals surface area contributed by atoms with Crippen LogP contribution in [0.3, 0.4) is 0 Å². The van der Waals surface area contributed by atoms with Crippen LogP contribution in [0.5, 0.6) is 5.75 Å². The van der Waals surface area contributed by atoms with Crippen LogP contribution in [-0.2, 0) is 0 Å². The molecular formula is C23H20ClN3O3S. The van der Waals surface area contributed by atoms with E-state index in [4.69, 9.17) is 22.1 Å². The van der Waals surface area contributed by atoms with Gasteiger partial charge in [-0.15, -0.1) is 11.3 Å². The van der Waals surface area contributed by atoms with Crippen molar-refractivity contribution in [1.29, 1.82) is 0 Å². The van der Waals surface area contributed by atoms with Crippen molar-refractivity contribution in [1.82, 2.24) is 9.38 Å². The van der Waals surface area contributed by atoms with E-state index in [9.17, 15) is 9.59 Å². The first-order chi connectivity index (χ1) is 14.9. The van der Waals surface area contributed by atoms with Gasteiger partial charge in [0.15, 0.2) is 5.78 Å². The Morgan fingerprint density at radius 1 is 1.26 bits per heavy atom. The second-order valence-corrected chi connectivity index (χ2v) is 8.47. The van der Waals surface area contributed by atoms with Crippen LogP contribution in [0.25, 0.3) is 16.2 Å². The number of fused-ring (bicyclic) bond motifs is 1. The Kier molecular flexibility index (Phi) is 5.80. The van der Waals surface area contributed by atoms with Crippen LogP contribution in [0, 0.1) is 0 Å². The molecule has 1 amide bonds. The molecule has 0 aliphatic heterocycles. The number of carbonyl (C=O) groups is 2. The Labute approximate surface area is 188 Å². The first kappa shape index (κ1) is 21.1. The average molecular weight is 454 g/mol. The molecule has 31 heavy (non-hydrogen) atoms. The second-order valence-electron chi connectivity index (χ2n) is 7.01. The van der Waals surface area contributed by atoms with Crippen molar-refractivity contribution in [3.63, 3.8) is 0 Å². The van der Waals surface area contributed by atoms with Crippen LogP contribution in [0.15, 0.2) is 54.9 Å². The molecule has 0 aliphatic carbocycles. The maximum Gasteiger partial charge on any atom is 0.262 e. The summed E-state index contributed by atoms with van der Waals surface area (Å²) in [7, 11) is 0. The van der Waals surface area contributed by atoms with Crippen molar-refractivity contribution in [3.8, 4) is 16.3 Å². The molecule has 0 aliphatic rings. The SMILES string of the molecule is CCC(=O)c1ccn2c(-c3cc(OC(C)c4ccccc4Cl)c(C(N)=O)s3)cnc2c1. The van der Waals surface area contributed by atoms with Gasteiger partial charge < -0.3 is 10.5 Å². The molecule has 0 spiro atoms. The molecule has 6 nitrogen and oxygen atoms in total. The van der Waals surface area contributed by atoms with Crippen molar-refractivity contribution in [2.45, 2.75) is 26.4 Å². The summed E-state index contributed by atoms with van der Waals surface area (Å²) in [6.45, 7) is 3.69. The lowest BCUT2D eigenvalue weighted by Crippen LogP contribution is -2.12. The molecule has 8 heteroatoms. The number of hydrogen-bond donors (Lipinski definition) is 1. The highest BCUT2D eigenvalue weighted by Crippen LogP contribution is 2.39. The molecule has 1 atom stereocenters. The normalized spacial score (nSPS) is 12.1. The van der Waals surface area contributed by atoms with Gasteiger partial charge in [-0.25, -0.2) is 4.98 Å². The summed E-state index contributed by atoms with van der Waals surface area (Å²) in [5, 5.41) is 0.588. The molecular weight excluding hydrogens is 434 g/mol. The lowest BCUT2D eigenvalue weighted by atomic mass is 10.1. The highest BCUT2D eigenvalue weighted by Gasteiger charge is 2.21. The van der Waals surface area contributed by atoms with Crippen molar-refractivity contribution in [3.05, 3.63) is 75.9 Å². The highest BCUT2D eigenvalue weighted by molar-refractivity contribution is 7.17. The van der Waals surface area contributed by atoms with Gasteiger partial charge in [0.05, 0.1) is 16.8 Å². The summed E-state index contributed by atoms with van der Waals surface area (Å²) in [5.41, 5.74) is 8.47. The Bertz CT molecular complexity index is 1290. The van der Waals surface area contributed by atoms with Crippen LogP contribution in [-0.4, -0.2) is 21.1 Å². The zero-order valence-corrected chi connectivity index (χ0v) is 18.5. The minimum atomic E-state index is -0.567. The smallest absolute Gasteiger partial charge is 0.262 e.